The van der Waals surface area contributed by atoms with Crippen molar-refractivity contribution in [3.8, 4) is 0 Å². The average Bonchev–Trinajstić information content (AvgIpc) is 2.32. The maximum Gasteiger partial charge on any atom is 0.193 e. The summed E-state index contributed by atoms with van der Waals surface area (Å²) in [5.74, 6) is 2.57. The van der Waals surface area contributed by atoms with Gasteiger partial charge in [0.25, 0.3) is 0 Å². The minimum absolute atomic E-state index is 0.760. The third-order valence-electron chi connectivity index (χ3n) is 3.33. The number of rotatable bonds is 5. The zero-order valence-corrected chi connectivity index (χ0v) is 12.4. The lowest BCUT2D eigenvalue weighted by atomic mass is 9.92. The molecule has 1 fully saturated rings. The molecule has 2 unspecified atom stereocenters. The topological polar surface area (TPSA) is 36.9 Å². The van der Waals surface area contributed by atoms with Gasteiger partial charge in [0.2, 0.25) is 0 Å². The van der Waals surface area contributed by atoms with E-state index < -0.39 is 0 Å². The molecular formula is C14H29N3O. The predicted molar refractivity (Wildman–Crippen MR) is 77.0 cm³/mol. The fraction of sp³-hybridized carbons (Fsp3) is 0.929. The number of aliphatic imine (C=N–C) groups is 1. The van der Waals surface area contributed by atoms with E-state index in [0.717, 1.165) is 57.1 Å². The van der Waals surface area contributed by atoms with Gasteiger partial charge in [-0.3, -0.25) is 4.99 Å². The predicted octanol–water partition coefficient (Wildman–Crippen LogP) is 1.97. The summed E-state index contributed by atoms with van der Waals surface area (Å²) in [5, 5.41) is 3.44. The van der Waals surface area contributed by atoms with Crippen LogP contribution in [0.15, 0.2) is 4.99 Å². The minimum Gasteiger partial charge on any atom is -0.382 e. The zero-order valence-electron chi connectivity index (χ0n) is 12.4. The van der Waals surface area contributed by atoms with Crippen molar-refractivity contribution in [2.24, 2.45) is 16.8 Å². The fourth-order valence-corrected chi connectivity index (χ4v) is 2.69. The molecule has 106 valence electrons. The Bertz CT molecular complexity index is 245. The second-order valence-electron chi connectivity index (χ2n) is 5.38. The first-order valence-electron chi connectivity index (χ1n) is 7.20. The first-order valence-corrected chi connectivity index (χ1v) is 7.20. The summed E-state index contributed by atoms with van der Waals surface area (Å²) in [6, 6.07) is 0. The van der Waals surface area contributed by atoms with Crippen LogP contribution >= 0.6 is 0 Å². The number of piperidine rings is 1. The molecular weight excluding hydrogens is 226 g/mol. The summed E-state index contributed by atoms with van der Waals surface area (Å²) in [4.78, 5) is 6.78. The van der Waals surface area contributed by atoms with Crippen LogP contribution in [0.5, 0.6) is 0 Å². The molecule has 1 N–H and O–H groups in total. The maximum absolute atomic E-state index is 5.34. The van der Waals surface area contributed by atoms with Gasteiger partial charge >= 0.3 is 0 Å². The number of ether oxygens (including phenoxy) is 1. The monoisotopic (exact) mass is 255 g/mol. The summed E-state index contributed by atoms with van der Waals surface area (Å²) in [6.07, 6.45) is 2.36. The molecule has 0 aromatic rings. The van der Waals surface area contributed by atoms with Crippen LogP contribution in [-0.2, 0) is 4.74 Å². The van der Waals surface area contributed by atoms with Gasteiger partial charge in [0, 0.05) is 39.9 Å². The molecule has 1 rings (SSSR count). The van der Waals surface area contributed by atoms with Crippen molar-refractivity contribution in [3.05, 3.63) is 0 Å². The quantitative estimate of drug-likeness (QED) is 0.463. The van der Waals surface area contributed by atoms with Gasteiger partial charge in [-0.25, -0.2) is 0 Å². The van der Waals surface area contributed by atoms with E-state index in [1.54, 1.807) is 0 Å². The zero-order chi connectivity index (χ0) is 13.4. The lowest BCUT2D eigenvalue weighted by Gasteiger charge is -2.37. The van der Waals surface area contributed by atoms with E-state index in [9.17, 15) is 0 Å². The molecule has 1 aliphatic heterocycles. The molecule has 0 spiro atoms. The Labute approximate surface area is 112 Å². The van der Waals surface area contributed by atoms with Crippen LogP contribution in [0.25, 0.3) is 0 Å². The molecule has 4 heteroatoms. The van der Waals surface area contributed by atoms with Crippen LogP contribution in [0.4, 0.5) is 0 Å². The summed E-state index contributed by atoms with van der Waals surface area (Å²) in [5.41, 5.74) is 0. The second kappa shape index (κ2) is 8.35. The first-order chi connectivity index (χ1) is 8.67. The van der Waals surface area contributed by atoms with Crippen LogP contribution in [0.3, 0.4) is 0 Å². The number of nitrogens with one attached hydrogen (secondary N) is 1. The Hall–Kier alpha value is -0.770. The highest BCUT2D eigenvalue weighted by Gasteiger charge is 2.23. The van der Waals surface area contributed by atoms with Crippen molar-refractivity contribution in [2.45, 2.75) is 33.6 Å². The molecule has 0 aromatic carbocycles. The molecule has 0 amide bonds. The van der Waals surface area contributed by atoms with Gasteiger partial charge in [0.15, 0.2) is 5.96 Å². The van der Waals surface area contributed by atoms with Gasteiger partial charge in [0.05, 0.1) is 0 Å². The number of hydrogen-bond donors (Lipinski definition) is 1. The van der Waals surface area contributed by atoms with Gasteiger partial charge in [-0.2, -0.15) is 0 Å². The molecule has 0 saturated carbocycles. The van der Waals surface area contributed by atoms with E-state index in [0.29, 0.717) is 0 Å². The molecule has 4 nitrogen and oxygen atoms in total. The summed E-state index contributed by atoms with van der Waals surface area (Å²) >= 11 is 0. The van der Waals surface area contributed by atoms with Crippen LogP contribution in [0, 0.1) is 11.8 Å². The lowest BCUT2D eigenvalue weighted by molar-refractivity contribution is 0.145. The first kappa shape index (κ1) is 15.3. The van der Waals surface area contributed by atoms with Gasteiger partial charge in [0.1, 0.15) is 0 Å². The van der Waals surface area contributed by atoms with E-state index in [4.69, 9.17) is 4.74 Å². The van der Waals surface area contributed by atoms with Crippen LogP contribution < -0.4 is 5.32 Å². The standard InChI is InChI=1S/C14H29N3O/c1-5-18-8-6-7-16-14(15-4)17-10-12(2)9-13(3)11-17/h12-13H,5-11H2,1-4H3,(H,15,16). The Morgan fingerprint density at radius 2 is 2.00 bits per heavy atom. The number of nitrogens with zero attached hydrogens (tertiary/aromatic N) is 2. The molecule has 2 atom stereocenters. The highest BCUT2D eigenvalue weighted by Crippen LogP contribution is 2.20. The van der Waals surface area contributed by atoms with Gasteiger partial charge < -0.3 is 15.0 Å². The summed E-state index contributed by atoms with van der Waals surface area (Å²) in [7, 11) is 1.87. The van der Waals surface area contributed by atoms with Crippen molar-refractivity contribution in [1.29, 1.82) is 0 Å². The molecule has 0 bridgehead atoms. The molecule has 1 aliphatic rings. The average molecular weight is 255 g/mol. The van der Waals surface area contributed by atoms with Crippen LogP contribution in [-0.4, -0.2) is 50.8 Å². The SMILES string of the molecule is CCOCCCNC(=NC)N1CC(C)CC(C)C1. The molecule has 0 aliphatic carbocycles. The van der Waals surface area contributed by atoms with E-state index in [-0.39, 0.29) is 0 Å². The van der Waals surface area contributed by atoms with E-state index in [2.05, 4.69) is 29.1 Å². The van der Waals surface area contributed by atoms with Crippen molar-refractivity contribution in [1.82, 2.24) is 10.2 Å². The Morgan fingerprint density at radius 3 is 2.56 bits per heavy atom. The molecule has 18 heavy (non-hydrogen) atoms. The molecule has 1 saturated heterocycles. The van der Waals surface area contributed by atoms with Gasteiger partial charge in [-0.15, -0.1) is 0 Å². The smallest absolute Gasteiger partial charge is 0.193 e. The van der Waals surface area contributed by atoms with Gasteiger partial charge in [-0.1, -0.05) is 13.8 Å². The molecule has 1 heterocycles. The summed E-state index contributed by atoms with van der Waals surface area (Å²) < 4.78 is 5.34. The van der Waals surface area contributed by atoms with E-state index in [1.807, 2.05) is 14.0 Å². The second-order valence-corrected chi connectivity index (χ2v) is 5.38. The van der Waals surface area contributed by atoms with E-state index >= 15 is 0 Å². The number of likely N-dealkylation sites (tertiary alicyclic amines) is 1. The highest BCUT2D eigenvalue weighted by atomic mass is 16.5. The highest BCUT2D eigenvalue weighted by molar-refractivity contribution is 5.79. The molecule has 0 aromatic heterocycles. The van der Waals surface area contributed by atoms with E-state index in [1.165, 1.54) is 6.42 Å². The Kier molecular flexibility index (Phi) is 7.09. The van der Waals surface area contributed by atoms with Crippen molar-refractivity contribution >= 4 is 5.96 Å². The third-order valence-corrected chi connectivity index (χ3v) is 3.33. The maximum atomic E-state index is 5.34. The largest absolute Gasteiger partial charge is 0.382 e. The minimum atomic E-state index is 0.760. The summed E-state index contributed by atoms with van der Waals surface area (Å²) in [6.45, 7) is 11.5. The number of guanidine groups is 1. The van der Waals surface area contributed by atoms with Crippen molar-refractivity contribution < 1.29 is 4.74 Å². The van der Waals surface area contributed by atoms with Gasteiger partial charge in [-0.05, 0) is 31.6 Å². The third kappa shape index (κ3) is 5.25. The van der Waals surface area contributed by atoms with Crippen LogP contribution in [0.1, 0.15) is 33.6 Å². The lowest BCUT2D eigenvalue weighted by Crippen LogP contribution is -2.48. The van der Waals surface area contributed by atoms with Crippen LogP contribution in [0.2, 0.25) is 0 Å². The normalized spacial score (nSPS) is 25.3. The Morgan fingerprint density at radius 1 is 1.33 bits per heavy atom. The Balaban J connectivity index is 2.32. The van der Waals surface area contributed by atoms with Crippen molar-refractivity contribution in [2.75, 3.05) is 39.9 Å². The fourth-order valence-electron chi connectivity index (χ4n) is 2.69. The molecule has 0 radical (unpaired) electrons. The number of hydrogen-bond acceptors (Lipinski definition) is 2. The van der Waals surface area contributed by atoms with Crippen molar-refractivity contribution in [3.63, 3.8) is 0 Å².